The minimum atomic E-state index is -0.0104. The Morgan fingerprint density at radius 2 is 2.14 bits per heavy atom. The first kappa shape index (κ1) is 15.7. The zero-order valence-corrected chi connectivity index (χ0v) is 13.2. The molecule has 1 saturated heterocycles. The Morgan fingerprint density at radius 3 is 2.86 bits per heavy atom. The van der Waals surface area contributed by atoms with Gasteiger partial charge in [0.1, 0.15) is 0 Å². The predicted octanol–water partition coefficient (Wildman–Crippen LogP) is 3.04. The number of hydrogen-bond donors (Lipinski definition) is 2. The number of hydrogen-bond acceptors (Lipinski definition) is 3. The average Bonchev–Trinajstić information content (AvgIpc) is 2.72. The molecular formula is C17H27N3O. The molecule has 116 valence electrons. The van der Waals surface area contributed by atoms with Crippen molar-refractivity contribution in [2.75, 3.05) is 30.3 Å². The molecule has 1 aliphatic heterocycles. The van der Waals surface area contributed by atoms with E-state index in [9.17, 15) is 4.79 Å². The van der Waals surface area contributed by atoms with Gasteiger partial charge >= 0.3 is 0 Å². The molecule has 1 fully saturated rings. The molecule has 1 aromatic carbocycles. The largest absolute Gasteiger partial charge is 0.399 e. The van der Waals surface area contributed by atoms with Crippen molar-refractivity contribution < 1.29 is 4.79 Å². The Labute approximate surface area is 127 Å². The van der Waals surface area contributed by atoms with E-state index in [-0.39, 0.29) is 5.91 Å². The van der Waals surface area contributed by atoms with Crippen molar-refractivity contribution >= 4 is 17.3 Å². The van der Waals surface area contributed by atoms with Crippen LogP contribution in [0.3, 0.4) is 0 Å². The minimum Gasteiger partial charge on any atom is -0.399 e. The molecule has 0 bridgehead atoms. The molecule has 0 aromatic heterocycles. The second kappa shape index (κ2) is 7.34. The fourth-order valence-electron chi connectivity index (χ4n) is 3.07. The molecule has 0 radical (unpaired) electrons. The van der Waals surface area contributed by atoms with Crippen LogP contribution >= 0.6 is 0 Å². The average molecular weight is 289 g/mol. The third-order valence-electron chi connectivity index (χ3n) is 4.37. The van der Waals surface area contributed by atoms with Crippen LogP contribution in [0, 0.1) is 5.92 Å². The summed E-state index contributed by atoms with van der Waals surface area (Å²) in [6, 6.07) is 5.59. The summed E-state index contributed by atoms with van der Waals surface area (Å²) in [7, 11) is 0. The van der Waals surface area contributed by atoms with Gasteiger partial charge in [-0.15, -0.1) is 0 Å². The molecule has 0 aliphatic carbocycles. The van der Waals surface area contributed by atoms with Crippen LogP contribution in [-0.2, 0) is 0 Å². The zero-order valence-electron chi connectivity index (χ0n) is 13.2. The number of nitrogens with one attached hydrogen (secondary N) is 1. The Kier molecular flexibility index (Phi) is 5.48. The molecule has 1 unspecified atom stereocenters. The van der Waals surface area contributed by atoms with E-state index >= 15 is 0 Å². The van der Waals surface area contributed by atoms with Crippen molar-refractivity contribution in [1.82, 2.24) is 5.32 Å². The van der Waals surface area contributed by atoms with Crippen molar-refractivity contribution in [1.29, 1.82) is 0 Å². The van der Waals surface area contributed by atoms with Crippen LogP contribution in [0.5, 0.6) is 0 Å². The lowest BCUT2D eigenvalue weighted by Crippen LogP contribution is -2.29. The van der Waals surface area contributed by atoms with Gasteiger partial charge in [-0.25, -0.2) is 0 Å². The van der Waals surface area contributed by atoms with Gasteiger partial charge in [0.25, 0.3) is 5.91 Å². The second-order valence-electron chi connectivity index (χ2n) is 5.83. The molecular weight excluding hydrogens is 262 g/mol. The van der Waals surface area contributed by atoms with Crippen LogP contribution in [0.2, 0.25) is 0 Å². The first-order chi connectivity index (χ1) is 10.2. The number of nitrogens with two attached hydrogens (primary N) is 1. The van der Waals surface area contributed by atoms with E-state index in [1.165, 1.54) is 25.7 Å². The number of benzene rings is 1. The van der Waals surface area contributed by atoms with Crippen molar-refractivity contribution in [2.45, 2.75) is 39.5 Å². The van der Waals surface area contributed by atoms with E-state index in [1.54, 1.807) is 6.07 Å². The van der Waals surface area contributed by atoms with E-state index in [1.807, 2.05) is 19.1 Å². The van der Waals surface area contributed by atoms with E-state index in [0.29, 0.717) is 12.2 Å². The number of anilines is 2. The van der Waals surface area contributed by atoms with Gasteiger partial charge in [-0.2, -0.15) is 0 Å². The highest BCUT2D eigenvalue weighted by molar-refractivity contribution is 6.00. The number of nitrogens with zero attached hydrogens (tertiary/aromatic N) is 1. The minimum absolute atomic E-state index is 0.0104. The molecule has 1 aromatic rings. The lowest BCUT2D eigenvalue weighted by molar-refractivity contribution is 0.0956. The van der Waals surface area contributed by atoms with Gasteiger partial charge in [-0.05, 0) is 50.3 Å². The van der Waals surface area contributed by atoms with Gasteiger partial charge < -0.3 is 16.0 Å². The molecule has 0 spiro atoms. The van der Waals surface area contributed by atoms with Crippen LogP contribution < -0.4 is 16.0 Å². The summed E-state index contributed by atoms with van der Waals surface area (Å²) < 4.78 is 0. The van der Waals surface area contributed by atoms with Gasteiger partial charge in [0.05, 0.1) is 11.3 Å². The third-order valence-corrected chi connectivity index (χ3v) is 4.37. The van der Waals surface area contributed by atoms with Crippen molar-refractivity contribution in [3.8, 4) is 0 Å². The third kappa shape index (κ3) is 3.90. The Morgan fingerprint density at radius 1 is 1.33 bits per heavy atom. The van der Waals surface area contributed by atoms with Crippen molar-refractivity contribution in [2.24, 2.45) is 5.92 Å². The van der Waals surface area contributed by atoms with Gasteiger partial charge in [-0.1, -0.05) is 13.3 Å². The topological polar surface area (TPSA) is 58.4 Å². The van der Waals surface area contributed by atoms with E-state index in [0.717, 1.165) is 30.3 Å². The normalized spacial score (nSPS) is 19.1. The van der Waals surface area contributed by atoms with E-state index in [4.69, 9.17) is 5.73 Å². The van der Waals surface area contributed by atoms with Crippen molar-refractivity contribution in [3.05, 3.63) is 23.8 Å². The molecule has 1 aliphatic rings. The molecule has 3 N–H and O–H groups in total. The maximum atomic E-state index is 12.2. The first-order valence-electron chi connectivity index (χ1n) is 8.08. The molecule has 1 heterocycles. The fourth-order valence-corrected chi connectivity index (χ4v) is 3.07. The summed E-state index contributed by atoms with van der Waals surface area (Å²) in [6.07, 6.45) is 4.90. The van der Waals surface area contributed by atoms with Crippen LogP contribution in [-0.4, -0.2) is 25.5 Å². The lowest BCUT2D eigenvalue weighted by atomic mass is 9.98. The highest BCUT2D eigenvalue weighted by Crippen LogP contribution is 2.28. The molecule has 1 atom stereocenters. The molecule has 2 rings (SSSR count). The summed E-state index contributed by atoms with van der Waals surface area (Å²) in [4.78, 5) is 14.6. The Balaban J connectivity index is 2.24. The number of carbonyl (C=O) groups excluding carboxylic acids is 1. The van der Waals surface area contributed by atoms with Gasteiger partial charge in [-0.3, -0.25) is 4.79 Å². The zero-order chi connectivity index (χ0) is 15.2. The molecule has 0 saturated carbocycles. The highest BCUT2D eigenvalue weighted by Gasteiger charge is 2.20. The maximum absolute atomic E-state index is 12.2. The summed E-state index contributed by atoms with van der Waals surface area (Å²) in [5.41, 5.74) is 8.38. The number of carbonyl (C=O) groups is 1. The van der Waals surface area contributed by atoms with Crippen LogP contribution in [0.4, 0.5) is 11.4 Å². The van der Waals surface area contributed by atoms with Crippen LogP contribution in [0.25, 0.3) is 0 Å². The predicted molar refractivity (Wildman–Crippen MR) is 88.7 cm³/mol. The van der Waals surface area contributed by atoms with E-state index in [2.05, 4.69) is 17.1 Å². The quantitative estimate of drug-likeness (QED) is 0.838. The number of rotatable bonds is 4. The molecule has 4 nitrogen and oxygen atoms in total. The Hall–Kier alpha value is -1.71. The van der Waals surface area contributed by atoms with Gasteiger partial charge in [0.15, 0.2) is 0 Å². The molecule has 21 heavy (non-hydrogen) atoms. The van der Waals surface area contributed by atoms with Crippen LogP contribution in [0.15, 0.2) is 18.2 Å². The fraction of sp³-hybridized carbons (Fsp3) is 0.588. The molecule has 1 amide bonds. The molecule has 4 heteroatoms. The summed E-state index contributed by atoms with van der Waals surface area (Å²) in [5, 5.41) is 2.89. The highest BCUT2D eigenvalue weighted by atomic mass is 16.1. The second-order valence-corrected chi connectivity index (χ2v) is 5.83. The van der Waals surface area contributed by atoms with Gasteiger partial charge in [0, 0.05) is 25.3 Å². The maximum Gasteiger partial charge on any atom is 0.253 e. The number of amides is 1. The summed E-state index contributed by atoms with van der Waals surface area (Å²) in [6.45, 7) is 6.86. The van der Waals surface area contributed by atoms with Crippen LogP contribution in [0.1, 0.15) is 49.9 Å². The van der Waals surface area contributed by atoms with Gasteiger partial charge in [0.2, 0.25) is 0 Å². The monoisotopic (exact) mass is 289 g/mol. The lowest BCUT2D eigenvalue weighted by Gasteiger charge is -2.25. The summed E-state index contributed by atoms with van der Waals surface area (Å²) in [5.74, 6) is 0.799. The standard InChI is InChI=1S/C17H27N3O/c1-3-13-6-5-10-20(11-9-13)16-12-14(18)7-8-15(16)17(21)19-4-2/h7-8,12-13H,3-6,9-11,18H2,1-2H3,(H,19,21). The number of nitrogen functional groups attached to an aromatic ring is 1. The van der Waals surface area contributed by atoms with Crippen molar-refractivity contribution in [3.63, 3.8) is 0 Å². The SMILES string of the molecule is CCNC(=O)c1ccc(N)cc1N1CCCC(CC)CC1. The Bertz CT molecular complexity index is 487. The van der Waals surface area contributed by atoms with E-state index < -0.39 is 0 Å². The first-order valence-corrected chi connectivity index (χ1v) is 8.08. The smallest absolute Gasteiger partial charge is 0.253 e. The summed E-state index contributed by atoms with van der Waals surface area (Å²) >= 11 is 0.